The number of fused-ring (bicyclic) bond motifs is 1. The highest BCUT2D eigenvalue weighted by atomic mass is 16.5. The number of carbonyl (C=O) groups excluding carboxylic acids is 2. The first-order valence-corrected chi connectivity index (χ1v) is 8.07. The maximum Gasteiger partial charge on any atom is 0.305 e. The van der Waals surface area contributed by atoms with Crippen LogP contribution in [-0.4, -0.2) is 35.7 Å². The largest absolute Gasteiger partial charge is 0.469 e. The van der Waals surface area contributed by atoms with Crippen LogP contribution in [0.2, 0.25) is 0 Å². The summed E-state index contributed by atoms with van der Waals surface area (Å²) < 4.78 is 4.56. The SMILES string of the molecule is COC(=O)CCCNC(=O)c1ccc(-c2n[nH]c3ccccc23)cc1. The Morgan fingerprint density at radius 3 is 2.64 bits per heavy atom. The van der Waals surface area contributed by atoms with Gasteiger partial charge in [-0.2, -0.15) is 5.10 Å². The molecule has 0 bridgehead atoms. The number of H-pyrrole nitrogens is 1. The van der Waals surface area contributed by atoms with Crippen molar-refractivity contribution >= 4 is 22.8 Å². The fourth-order valence-electron chi connectivity index (χ4n) is 2.60. The topological polar surface area (TPSA) is 84.1 Å². The Kier molecular flexibility index (Phi) is 5.09. The van der Waals surface area contributed by atoms with Crippen LogP contribution in [0.4, 0.5) is 0 Å². The van der Waals surface area contributed by atoms with Crippen LogP contribution in [-0.2, 0) is 9.53 Å². The summed E-state index contributed by atoms with van der Waals surface area (Å²) in [5.74, 6) is -0.437. The molecule has 1 amide bonds. The predicted octanol–water partition coefficient (Wildman–Crippen LogP) is 2.91. The summed E-state index contributed by atoms with van der Waals surface area (Å²) in [6, 6.07) is 15.2. The molecular formula is C19H19N3O3. The molecule has 128 valence electrons. The summed E-state index contributed by atoms with van der Waals surface area (Å²) in [5.41, 5.74) is 3.35. The van der Waals surface area contributed by atoms with E-state index in [1.807, 2.05) is 36.4 Å². The number of amides is 1. The Bertz CT molecular complexity index is 884. The number of hydrogen-bond donors (Lipinski definition) is 2. The van der Waals surface area contributed by atoms with E-state index in [2.05, 4.69) is 20.3 Å². The van der Waals surface area contributed by atoms with Gasteiger partial charge in [0.25, 0.3) is 5.91 Å². The summed E-state index contributed by atoms with van der Waals surface area (Å²) in [4.78, 5) is 23.1. The average Bonchev–Trinajstić information content (AvgIpc) is 3.09. The smallest absolute Gasteiger partial charge is 0.305 e. The molecule has 0 saturated heterocycles. The number of aromatic nitrogens is 2. The number of ether oxygens (including phenoxy) is 1. The van der Waals surface area contributed by atoms with Crippen molar-refractivity contribution in [3.8, 4) is 11.3 Å². The first-order chi connectivity index (χ1) is 12.2. The number of nitrogens with one attached hydrogen (secondary N) is 2. The molecular weight excluding hydrogens is 318 g/mol. The third-order valence-electron chi connectivity index (χ3n) is 3.96. The van der Waals surface area contributed by atoms with Crippen LogP contribution in [0.3, 0.4) is 0 Å². The molecule has 0 aliphatic rings. The van der Waals surface area contributed by atoms with Crippen LogP contribution in [0.5, 0.6) is 0 Å². The van der Waals surface area contributed by atoms with Gasteiger partial charge in [-0.15, -0.1) is 0 Å². The fourth-order valence-corrected chi connectivity index (χ4v) is 2.60. The van der Waals surface area contributed by atoms with E-state index in [0.717, 1.165) is 22.2 Å². The highest BCUT2D eigenvalue weighted by Gasteiger charge is 2.10. The monoisotopic (exact) mass is 337 g/mol. The van der Waals surface area contributed by atoms with Crippen molar-refractivity contribution in [1.82, 2.24) is 15.5 Å². The molecule has 0 saturated carbocycles. The van der Waals surface area contributed by atoms with E-state index in [-0.39, 0.29) is 11.9 Å². The molecule has 3 rings (SSSR count). The Labute approximate surface area is 145 Å². The number of hydrogen-bond acceptors (Lipinski definition) is 4. The average molecular weight is 337 g/mol. The maximum absolute atomic E-state index is 12.1. The number of para-hydroxylation sites is 1. The number of nitrogens with zero attached hydrogens (tertiary/aromatic N) is 1. The summed E-state index contributed by atoms with van der Waals surface area (Å²) in [6.07, 6.45) is 0.845. The zero-order chi connectivity index (χ0) is 17.6. The van der Waals surface area contributed by atoms with E-state index in [1.54, 1.807) is 12.1 Å². The lowest BCUT2D eigenvalue weighted by molar-refractivity contribution is -0.140. The molecule has 0 aliphatic carbocycles. The van der Waals surface area contributed by atoms with Crippen molar-refractivity contribution in [2.45, 2.75) is 12.8 Å². The van der Waals surface area contributed by atoms with E-state index >= 15 is 0 Å². The minimum Gasteiger partial charge on any atom is -0.469 e. The van der Waals surface area contributed by atoms with Gasteiger partial charge in [0.15, 0.2) is 0 Å². The van der Waals surface area contributed by atoms with Gasteiger partial charge in [-0.05, 0) is 24.6 Å². The Balaban J connectivity index is 1.64. The predicted molar refractivity (Wildman–Crippen MR) is 95.1 cm³/mol. The second-order valence-corrected chi connectivity index (χ2v) is 5.63. The summed E-state index contributed by atoms with van der Waals surface area (Å²) >= 11 is 0. The Hall–Kier alpha value is -3.15. The van der Waals surface area contributed by atoms with Crippen LogP contribution in [0.1, 0.15) is 23.2 Å². The molecule has 0 unspecified atom stereocenters. The lowest BCUT2D eigenvalue weighted by atomic mass is 10.1. The van der Waals surface area contributed by atoms with Gasteiger partial charge in [0, 0.05) is 29.5 Å². The highest BCUT2D eigenvalue weighted by Crippen LogP contribution is 2.26. The van der Waals surface area contributed by atoms with E-state index in [1.165, 1.54) is 7.11 Å². The zero-order valence-corrected chi connectivity index (χ0v) is 13.9. The number of rotatable bonds is 6. The second-order valence-electron chi connectivity index (χ2n) is 5.63. The Morgan fingerprint density at radius 2 is 1.88 bits per heavy atom. The van der Waals surface area contributed by atoms with Gasteiger partial charge in [-0.3, -0.25) is 14.7 Å². The quantitative estimate of drug-likeness (QED) is 0.535. The number of methoxy groups -OCH3 is 1. The van der Waals surface area contributed by atoms with Crippen molar-refractivity contribution in [1.29, 1.82) is 0 Å². The van der Waals surface area contributed by atoms with Crippen LogP contribution in [0, 0.1) is 0 Å². The molecule has 6 heteroatoms. The van der Waals surface area contributed by atoms with Gasteiger partial charge >= 0.3 is 5.97 Å². The van der Waals surface area contributed by atoms with Gasteiger partial charge in [-0.1, -0.05) is 30.3 Å². The summed E-state index contributed by atoms with van der Waals surface area (Å²) in [5, 5.41) is 11.2. The van der Waals surface area contributed by atoms with E-state index in [9.17, 15) is 9.59 Å². The number of esters is 1. The third kappa shape index (κ3) is 3.85. The first-order valence-electron chi connectivity index (χ1n) is 8.07. The second kappa shape index (κ2) is 7.61. The van der Waals surface area contributed by atoms with Crippen molar-refractivity contribution in [2.24, 2.45) is 0 Å². The van der Waals surface area contributed by atoms with Gasteiger partial charge in [-0.25, -0.2) is 0 Å². The van der Waals surface area contributed by atoms with Crippen LogP contribution in [0.15, 0.2) is 48.5 Å². The van der Waals surface area contributed by atoms with Crippen molar-refractivity contribution < 1.29 is 14.3 Å². The first kappa shape index (κ1) is 16.7. The molecule has 2 N–H and O–H groups in total. The molecule has 6 nitrogen and oxygen atoms in total. The van der Waals surface area contributed by atoms with Gasteiger partial charge < -0.3 is 10.1 Å². The standard InChI is InChI=1S/C19H19N3O3/c1-25-17(23)7-4-12-20-19(24)14-10-8-13(9-11-14)18-15-5-2-3-6-16(15)21-22-18/h2-3,5-6,8-11H,4,7,12H2,1H3,(H,20,24)(H,21,22). The van der Waals surface area contributed by atoms with Gasteiger partial charge in [0.1, 0.15) is 0 Å². The molecule has 1 aromatic heterocycles. The third-order valence-corrected chi connectivity index (χ3v) is 3.96. The lowest BCUT2D eigenvalue weighted by Crippen LogP contribution is -2.24. The van der Waals surface area contributed by atoms with Crippen LogP contribution < -0.4 is 5.32 Å². The summed E-state index contributed by atoms with van der Waals surface area (Å²) in [7, 11) is 1.35. The van der Waals surface area contributed by atoms with Crippen molar-refractivity contribution in [2.75, 3.05) is 13.7 Å². The van der Waals surface area contributed by atoms with Gasteiger partial charge in [0.05, 0.1) is 18.3 Å². The molecule has 0 fully saturated rings. The minimum absolute atomic E-state index is 0.164. The molecule has 0 aliphatic heterocycles. The summed E-state index contributed by atoms with van der Waals surface area (Å²) in [6.45, 7) is 0.430. The normalized spacial score (nSPS) is 10.6. The fraction of sp³-hybridized carbons (Fsp3) is 0.211. The Morgan fingerprint density at radius 1 is 1.12 bits per heavy atom. The zero-order valence-electron chi connectivity index (χ0n) is 13.9. The van der Waals surface area contributed by atoms with Gasteiger partial charge in [0.2, 0.25) is 0 Å². The molecule has 0 atom stereocenters. The minimum atomic E-state index is -0.273. The number of benzene rings is 2. The van der Waals surface area contributed by atoms with Crippen LogP contribution >= 0.6 is 0 Å². The van der Waals surface area contributed by atoms with E-state index in [0.29, 0.717) is 24.9 Å². The molecule has 3 aromatic rings. The lowest BCUT2D eigenvalue weighted by Gasteiger charge is -2.05. The molecule has 2 aromatic carbocycles. The van der Waals surface area contributed by atoms with Crippen molar-refractivity contribution in [3.05, 3.63) is 54.1 Å². The molecule has 0 radical (unpaired) electrons. The van der Waals surface area contributed by atoms with E-state index in [4.69, 9.17) is 0 Å². The van der Waals surface area contributed by atoms with Crippen molar-refractivity contribution in [3.63, 3.8) is 0 Å². The number of aromatic amines is 1. The molecule has 1 heterocycles. The highest BCUT2D eigenvalue weighted by molar-refractivity contribution is 5.96. The molecule has 25 heavy (non-hydrogen) atoms. The molecule has 0 spiro atoms. The van der Waals surface area contributed by atoms with E-state index < -0.39 is 0 Å². The number of carbonyl (C=O) groups is 2. The van der Waals surface area contributed by atoms with Crippen LogP contribution in [0.25, 0.3) is 22.2 Å². The maximum atomic E-state index is 12.1.